The largest absolute Gasteiger partial charge is 0.324 e. The second kappa shape index (κ2) is 10.8. The molecule has 0 aliphatic rings. The van der Waals surface area contributed by atoms with E-state index in [1.165, 1.54) is 18.3 Å². The number of rotatable bonds is 10. The van der Waals surface area contributed by atoms with Gasteiger partial charge in [0.1, 0.15) is 0 Å². The molecule has 1 amide bonds. The number of non-ortho nitro benzene ring substituents is 1. The van der Waals surface area contributed by atoms with E-state index in [-0.39, 0.29) is 11.6 Å². The number of nitro benzene ring substituents is 1. The van der Waals surface area contributed by atoms with Crippen LogP contribution in [0, 0.1) is 10.1 Å². The van der Waals surface area contributed by atoms with Gasteiger partial charge in [-0.1, -0.05) is 25.4 Å². The van der Waals surface area contributed by atoms with Gasteiger partial charge in [-0.3, -0.25) is 19.8 Å². The Morgan fingerprint density at radius 2 is 1.91 bits per heavy atom. The first-order valence-corrected chi connectivity index (χ1v) is 10.8. The lowest BCUT2D eigenvalue weighted by Crippen LogP contribution is -2.34. The van der Waals surface area contributed by atoms with Gasteiger partial charge in [0.2, 0.25) is 11.9 Å². The van der Waals surface area contributed by atoms with Crippen molar-refractivity contribution in [3.05, 3.63) is 57.7 Å². The van der Waals surface area contributed by atoms with Gasteiger partial charge in [0.15, 0.2) is 0 Å². The summed E-state index contributed by atoms with van der Waals surface area (Å²) in [6, 6.07) is 9.56. The highest BCUT2D eigenvalue weighted by Crippen LogP contribution is 2.27. The van der Waals surface area contributed by atoms with Crippen molar-refractivity contribution in [3.63, 3.8) is 0 Å². The van der Waals surface area contributed by atoms with Crippen molar-refractivity contribution in [2.75, 3.05) is 30.3 Å². The molecule has 3 aromatic rings. The van der Waals surface area contributed by atoms with Crippen LogP contribution in [0.4, 0.5) is 23.0 Å². The summed E-state index contributed by atoms with van der Waals surface area (Å²) in [4.78, 5) is 33.5. The zero-order valence-corrected chi connectivity index (χ0v) is 18.7. The van der Waals surface area contributed by atoms with Crippen molar-refractivity contribution in [1.82, 2.24) is 14.9 Å². The van der Waals surface area contributed by atoms with Crippen LogP contribution in [0.1, 0.15) is 26.7 Å². The normalized spacial score (nSPS) is 11.0. The lowest BCUT2D eigenvalue weighted by Gasteiger charge is -2.20. The molecule has 3 rings (SSSR count). The summed E-state index contributed by atoms with van der Waals surface area (Å²) in [5.74, 6) is 0.218. The molecule has 0 spiro atoms. The number of nitro groups is 1. The van der Waals surface area contributed by atoms with E-state index in [0.717, 1.165) is 25.9 Å². The Morgan fingerprint density at radius 3 is 2.56 bits per heavy atom. The molecule has 2 N–H and O–H groups in total. The predicted molar refractivity (Wildman–Crippen MR) is 127 cm³/mol. The zero-order chi connectivity index (χ0) is 23.1. The van der Waals surface area contributed by atoms with Crippen LogP contribution in [0.5, 0.6) is 0 Å². The highest BCUT2D eigenvalue weighted by Gasteiger charge is 2.12. The van der Waals surface area contributed by atoms with Crippen LogP contribution in [-0.2, 0) is 4.79 Å². The minimum Gasteiger partial charge on any atom is -0.324 e. The zero-order valence-electron chi connectivity index (χ0n) is 18.0. The van der Waals surface area contributed by atoms with Gasteiger partial charge in [-0.2, -0.15) is 0 Å². The number of fused-ring (bicyclic) bond motifs is 1. The SMILES string of the molecule is CCCN(CCC)CC(=O)Nc1ccc(Nc2ncc3cc([N+](=O)[O-])ccc3n2)cc1Cl. The molecule has 0 aliphatic carbocycles. The van der Waals surface area contributed by atoms with E-state index in [0.29, 0.717) is 39.8 Å². The Kier molecular flexibility index (Phi) is 7.91. The Bertz CT molecular complexity index is 1120. The molecule has 0 saturated carbocycles. The molecular formula is C22H25ClN6O3. The van der Waals surface area contributed by atoms with Crippen LogP contribution < -0.4 is 10.6 Å². The number of amides is 1. The predicted octanol–water partition coefficient (Wildman–Crippen LogP) is 5.00. The average Bonchev–Trinajstić information content (AvgIpc) is 2.75. The molecule has 10 heteroatoms. The fourth-order valence-electron chi connectivity index (χ4n) is 3.31. The van der Waals surface area contributed by atoms with Crippen LogP contribution >= 0.6 is 11.6 Å². The molecule has 32 heavy (non-hydrogen) atoms. The van der Waals surface area contributed by atoms with Gasteiger partial charge in [-0.15, -0.1) is 0 Å². The van der Waals surface area contributed by atoms with Gasteiger partial charge in [-0.25, -0.2) is 9.97 Å². The molecule has 1 heterocycles. The molecule has 2 aromatic carbocycles. The van der Waals surface area contributed by atoms with E-state index >= 15 is 0 Å². The highest BCUT2D eigenvalue weighted by molar-refractivity contribution is 6.34. The smallest absolute Gasteiger partial charge is 0.270 e. The van der Waals surface area contributed by atoms with Gasteiger partial charge in [0.25, 0.3) is 5.69 Å². The molecule has 0 unspecified atom stereocenters. The molecule has 168 valence electrons. The van der Waals surface area contributed by atoms with E-state index in [1.54, 1.807) is 24.3 Å². The van der Waals surface area contributed by atoms with E-state index in [4.69, 9.17) is 11.6 Å². The van der Waals surface area contributed by atoms with Crippen LogP contribution in [0.2, 0.25) is 5.02 Å². The Labute approximate surface area is 191 Å². The molecule has 0 aliphatic heterocycles. The van der Waals surface area contributed by atoms with Crippen LogP contribution in [0.15, 0.2) is 42.6 Å². The number of benzene rings is 2. The maximum absolute atomic E-state index is 12.4. The average molecular weight is 457 g/mol. The topological polar surface area (TPSA) is 113 Å². The fourth-order valence-corrected chi connectivity index (χ4v) is 3.54. The summed E-state index contributed by atoms with van der Waals surface area (Å²) in [6.07, 6.45) is 3.50. The third-order valence-corrected chi connectivity index (χ3v) is 5.03. The van der Waals surface area contributed by atoms with Crippen molar-refractivity contribution >= 4 is 51.4 Å². The van der Waals surface area contributed by atoms with Gasteiger partial charge >= 0.3 is 0 Å². The monoisotopic (exact) mass is 456 g/mol. The van der Waals surface area contributed by atoms with Crippen molar-refractivity contribution in [2.24, 2.45) is 0 Å². The number of nitrogens with one attached hydrogen (secondary N) is 2. The summed E-state index contributed by atoms with van der Waals surface area (Å²) in [5, 5.41) is 17.8. The molecule has 0 radical (unpaired) electrons. The molecule has 0 saturated heterocycles. The van der Waals surface area contributed by atoms with Gasteiger partial charge < -0.3 is 10.6 Å². The lowest BCUT2D eigenvalue weighted by molar-refractivity contribution is -0.384. The van der Waals surface area contributed by atoms with E-state index in [9.17, 15) is 14.9 Å². The summed E-state index contributed by atoms with van der Waals surface area (Å²) in [7, 11) is 0. The van der Waals surface area contributed by atoms with Crippen LogP contribution in [0.3, 0.4) is 0 Å². The van der Waals surface area contributed by atoms with Crippen LogP contribution in [0.25, 0.3) is 10.9 Å². The van der Waals surface area contributed by atoms with Crippen molar-refractivity contribution in [3.8, 4) is 0 Å². The number of halogens is 1. The Hall–Kier alpha value is -3.30. The number of anilines is 3. The fraction of sp³-hybridized carbons (Fsp3) is 0.318. The Morgan fingerprint density at radius 1 is 1.16 bits per heavy atom. The number of nitrogens with zero attached hydrogens (tertiary/aromatic N) is 4. The third kappa shape index (κ3) is 6.12. The first-order chi connectivity index (χ1) is 15.4. The number of aromatic nitrogens is 2. The standard InChI is InChI=1S/C22H25ClN6O3/c1-3-9-28(10-4-2)14-21(30)26-20-7-5-16(12-18(20)23)25-22-24-13-15-11-17(29(31)32)6-8-19(15)27-22/h5-8,11-13H,3-4,9-10,14H2,1-2H3,(H,26,30)(H,24,25,27). The molecule has 0 fully saturated rings. The van der Waals surface area contributed by atoms with Crippen molar-refractivity contribution in [1.29, 1.82) is 0 Å². The second-order valence-electron chi connectivity index (χ2n) is 7.34. The van der Waals surface area contributed by atoms with E-state index < -0.39 is 4.92 Å². The number of carbonyl (C=O) groups excluding carboxylic acids is 1. The van der Waals surface area contributed by atoms with Crippen molar-refractivity contribution in [2.45, 2.75) is 26.7 Å². The summed E-state index contributed by atoms with van der Waals surface area (Å²) in [6.45, 7) is 6.24. The minimum atomic E-state index is -0.459. The van der Waals surface area contributed by atoms with Crippen LogP contribution in [-0.4, -0.2) is 45.3 Å². The van der Waals surface area contributed by atoms with Gasteiger partial charge in [-0.05, 0) is 50.2 Å². The molecule has 1 aromatic heterocycles. The maximum Gasteiger partial charge on any atom is 0.270 e. The number of carbonyl (C=O) groups is 1. The second-order valence-corrected chi connectivity index (χ2v) is 7.74. The summed E-state index contributed by atoms with van der Waals surface area (Å²) in [5.41, 5.74) is 1.74. The molecular weight excluding hydrogens is 432 g/mol. The number of hydrogen-bond acceptors (Lipinski definition) is 7. The van der Waals surface area contributed by atoms with E-state index in [2.05, 4.69) is 39.3 Å². The highest BCUT2D eigenvalue weighted by atomic mass is 35.5. The summed E-state index contributed by atoms with van der Waals surface area (Å²) >= 11 is 6.37. The third-order valence-electron chi connectivity index (χ3n) is 4.72. The first kappa shape index (κ1) is 23.4. The minimum absolute atomic E-state index is 0.0151. The quantitative estimate of drug-likeness (QED) is 0.326. The van der Waals surface area contributed by atoms with Gasteiger partial charge in [0.05, 0.1) is 27.7 Å². The van der Waals surface area contributed by atoms with Crippen molar-refractivity contribution < 1.29 is 9.72 Å². The Balaban J connectivity index is 1.67. The summed E-state index contributed by atoms with van der Waals surface area (Å²) < 4.78 is 0. The van der Waals surface area contributed by atoms with E-state index in [1.807, 2.05) is 0 Å². The van der Waals surface area contributed by atoms with Gasteiger partial charge in [0, 0.05) is 29.4 Å². The molecule has 0 atom stereocenters. The molecule has 0 bridgehead atoms. The maximum atomic E-state index is 12.4. The lowest BCUT2D eigenvalue weighted by atomic mass is 10.2. The number of hydrogen-bond donors (Lipinski definition) is 2. The molecule has 9 nitrogen and oxygen atoms in total. The first-order valence-electron chi connectivity index (χ1n) is 10.4.